The van der Waals surface area contributed by atoms with Gasteiger partial charge in [0, 0.05) is 22.6 Å². The molecular weight excluding hydrogens is 480 g/mol. The molecule has 0 radical (unpaired) electrons. The lowest BCUT2D eigenvalue weighted by atomic mass is 10.1. The number of carbonyl (C=O) groups is 2. The van der Waals surface area contributed by atoms with Gasteiger partial charge >= 0.3 is 0 Å². The van der Waals surface area contributed by atoms with Gasteiger partial charge in [-0.25, -0.2) is 0 Å². The van der Waals surface area contributed by atoms with Crippen molar-refractivity contribution in [1.29, 1.82) is 0 Å². The zero-order chi connectivity index (χ0) is 23.0. The predicted octanol–water partition coefficient (Wildman–Crippen LogP) is 5.43. The van der Waals surface area contributed by atoms with Gasteiger partial charge in [0.25, 0.3) is 5.91 Å². The minimum absolute atomic E-state index is 0.159. The minimum atomic E-state index is -0.639. The van der Waals surface area contributed by atoms with Crippen molar-refractivity contribution < 1.29 is 14.3 Å². The van der Waals surface area contributed by atoms with Crippen LogP contribution in [-0.2, 0) is 16.1 Å². The molecule has 2 aromatic carbocycles. The van der Waals surface area contributed by atoms with Crippen LogP contribution in [0.2, 0.25) is 5.02 Å². The lowest BCUT2D eigenvalue weighted by Gasteiger charge is -2.29. The lowest BCUT2D eigenvalue weighted by Crippen LogP contribution is -2.49. The molecule has 7 heteroatoms. The Kier molecular flexibility index (Phi) is 9.85. The smallest absolute Gasteiger partial charge is 0.261 e. The molecule has 1 N–H and O–H groups in total. The maximum absolute atomic E-state index is 13.1. The van der Waals surface area contributed by atoms with Crippen LogP contribution >= 0.6 is 27.5 Å². The van der Waals surface area contributed by atoms with Crippen LogP contribution in [0.3, 0.4) is 0 Å². The molecule has 0 bridgehead atoms. The van der Waals surface area contributed by atoms with Crippen LogP contribution in [-0.4, -0.2) is 35.9 Å². The number of benzene rings is 2. The summed E-state index contributed by atoms with van der Waals surface area (Å²) < 4.78 is 6.81. The third-order valence-electron chi connectivity index (χ3n) is 5.01. The molecule has 0 saturated carbocycles. The molecule has 2 amide bonds. The van der Waals surface area contributed by atoms with Crippen molar-refractivity contribution in [3.05, 3.63) is 62.6 Å². The van der Waals surface area contributed by atoms with Crippen molar-refractivity contribution in [2.45, 2.75) is 53.1 Å². The number of hydrogen-bond acceptors (Lipinski definition) is 3. The van der Waals surface area contributed by atoms with Crippen LogP contribution in [0.1, 0.15) is 43.4 Å². The molecule has 0 heterocycles. The largest absolute Gasteiger partial charge is 0.484 e. The van der Waals surface area contributed by atoms with Crippen LogP contribution in [0.25, 0.3) is 0 Å². The fourth-order valence-corrected chi connectivity index (χ4v) is 3.61. The van der Waals surface area contributed by atoms with Crippen molar-refractivity contribution in [2.75, 3.05) is 13.2 Å². The Morgan fingerprint density at radius 2 is 1.87 bits per heavy atom. The zero-order valence-electron chi connectivity index (χ0n) is 18.5. The van der Waals surface area contributed by atoms with E-state index in [4.69, 9.17) is 16.3 Å². The van der Waals surface area contributed by atoms with Gasteiger partial charge in [0.1, 0.15) is 11.8 Å². The summed E-state index contributed by atoms with van der Waals surface area (Å²) in [6, 6.07) is 10.4. The molecular formula is C24H30BrClN2O3. The number of ether oxygens (including phenoxy) is 1. The molecule has 2 rings (SSSR count). The normalized spacial score (nSPS) is 11.7. The topological polar surface area (TPSA) is 58.6 Å². The highest BCUT2D eigenvalue weighted by atomic mass is 79.9. The van der Waals surface area contributed by atoms with E-state index < -0.39 is 6.04 Å². The van der Waals surface area contributed by atoms with Crippen molar-refractivity contribution in [1.82, 2.24) is 10.2 Å². The van der Waals surface area contributed by atoms with E-state index in [1.807, 2.05) is 38.1 Å². The number of amides is 2. The van der Waals surface area contributed by atoms with Crippen LogP contribution in [0, 0.1) is 13.8 Å². The Hall–Kier alpha value is -2.05. The zero-order valence-corrected chi connectivity index (χ0v) is 20.8. The van der Waals surface area contributed by atoms with E-state index in [0.29, 0.717) is 17.3 Å². The molecule has 0 unspecified atom stereocenters. The standard InChI is InChI=1S/C24H30BrClN2O3/c1-5-6-10-27-24(30)18(4)28(14-19-8-7-9-20(26)13-19)22(29)15-31-21-11-16(2)23(25)17(3)12-21/h7-9,11-13,18H,5-6,10,14-15H2,1-4H3,(H,27,30)/t18-/m1/s1. The molecule has 0 saturated heterocycles. The average Bonchev–Trinajstić information content (AvgIpc) is 2.73. The van der Waals surface area contributed by atoms with Crippen molar-refractivity contribution >= 4 is 39.3 Å². The summed E-state index contributed by atoms with van der Waals surface area (Å²) in [5.74, 6) is 0.171. The van der Waals surface area contributed by atoms with E-state index in [0.717, 1.165) is 34.0 Å². The third-order valence-corrected chi connectivity index (χ3v) is 6.50. The minimum Gasteiger partial charge on any atom is -0.484 e. The van der Waals surface area contributed by atoms with E-state index in [1.165, 1.54) is 4.90 Å². The Labute approximate surface area is 198 Å². The number of aryl methyl sites for hydroxylation is 2. The van der Waals surface area contributed by atoms with Crippen LogP contribution < -0.4 is 10.1 Å². The van der Waals surface area contributed by atoms with Crippen molar-refractivity contribution in [3.63, 3.8) is 0 Å². The first-order valence-corrected chi connectivity index (χ1v) is 11.6. The Balaban J connectivity index is 2.15. The molecule has 168 valence electrons. The quantitative estimate of drug-likeness (QED) is 0.434. The molecule has 31 heavy (non-hydrogen) atoms. The van der Waals surface area contributed by atoms with Gasteiger partial charge in [-0.2, -0.15) is 0 Å². The summed E-state index contributed by atoms with van der Waals surface area (Å²) in [6.45, 7) is 8.44. The summed E-state index contributed by atoms with van der Waals surface area (Å²) in [5.41, 5.74) is 2.91. The lowest BCUT2D eigenvalue weighted by molar-refractivity contribution is -0.142. The van der Waals surface area contributed by atoms with Gasteiger partial charge in [0.2, 0.25) is 5.91 Å². The molecule has 0 spiro atoms. The summed E-state index contributed by atoms with van der Waals surface area (Å²) in [4.78, 5) is 27.3. The molecule has 0 aliphatic heterocycles. The van der Waals surface area contributed by atoms with E-state index >= 15 is 0 Å². The molecule has 0 aromatic heterocycles. The number of carbonyl (C=O) groups excluding carboxylic acids is 2. The maximum atomic E-state index is 13.1. The van der Waals surface area contributed by atoms with Crippen LogP contribution in [0.4, 0.5) is 0 Å². The van der Waals surface area contributed by atoms with E-state index in [1.54, 1.807) is 19.1 Å². The van der Waals surface area contributed by atoms with E-state index in [9.17, 15) is 9.59 Å². The highest BCUT2D eigenvalue weighted by molar-refractivity contribution is 9.10. The van der Waals surface area contributed by atoms with Gasteiger partial charge < -0.3 is 15.0 Å². The fraction of sp³-hybridized carbons (Fsp3) is 0.417. The fourth-order valence-electron chi connectivity index (χ4n) is 3.17. The Morgan fingerprint density at radius 3 is 2.48 bits per heavy atom. The monoisotopic (exact) mass is 508 g/mol. The van der Waals surface area contributed by atoms with Crippen molar-refractivity contribution in [2.24, 2.45) is 0 Å². The highest BCUT2D eigenvalue weighted by Crippen LogP contribution is 2.26. The van der Waals surface area contributed by atoms with E-state index in [2.05, 4.69) is 28.2 Å². The number of rotatable bonds is 10. The first kappa shape index (κ1) is 25.2. The maximum Gasteiger partial charge on any atom is 0.261 e. The van der Waals surface area contributed by atoms with Gasteiger partial charge in [-0.15, -0.1) is 0 Å². The summed E-state index contributed by atoms with van der Waals surface area (Å²) >= 11 is 9.64. The summed E-state index contributed by atoms with van der Waals surface area (Å²) in [6.07, 6.45) is 1.88. The molecule has 0 aliphatic carbocycles. The average molecular weight is 510 g/mol. The number of nitrogens with zero attached hydrogens (tertiary/aromatic N) is 1. The Bertz CT molecular complexity index is 896. The number of hydrogen-bond donors (Lipinski definition) is 1. The van der Waals surface area contributed by atoms with Crippen LogP contribution in [0.5, 0.6) is 5.75 Å². The summed E-state index contributed by atoms with van der Waals surface area (Å²) in [7, 11) is 0. The van der Waals surface area contributed by atoms with Gasteiger partial charge in [0.05, 0.1) is 0 Å². The third kappa shape index (κ3) is 7.54. The first-order chi connectivity index (χ1) is 14.7. The van der Waals surface area contributed by atoms with Gasteiger partial charge in [0.15, 0.2) is 6.61 Å². The second kappa shape index (κ2) is 12.1. The molecule has 0 fully saturated rings. The summed E-state index contributed by atoms with van der Waals surface area (Å²) in [5, 5.41) is 3.49. The number of unbranched alkanes of at least 4 members (excludes halogenated alkanes) is 1. The molecule has 5 nitrogen and oxygen atoms in total. The number of halogens is 2. The second-order valence-corrected chi connectivity index (χ2v) is 8.86. The van der Waals surface area contributed by atoms with Crippen LogP contribution in [0.15, 0.2) is 40.9 Å². The van der Waals surface area contributed by atoms with Crippen molar-refractivity contribution in [3.8, 4) is 5.75 Å². The first-order valence-electron chi connectivity index (χ1n) is 10.4. The molecule has 2 aromatic rings. The molecule has 0 aliphatic rings. The Morgan fingerprint density at radius 1 is 1.19 bits per heavy atom. The SMILES string of the molecule is CCCCNC(=O)[C@@H](C)N(Cc1cccc(Cl)c1)C(=O)COc1cc(C)c(Br)c(C)c1. The highest BCUT2D eigenvalue weighted by Gasteiger charge is 2.26. The van der Waals surface area contributed by atoms with E-state index in [-0.39, 0.29) is 25.0 Å². The van der Waals surface area contributed by atoms with Gasteiger partial charge in [-0.05, 0) is 68.1 Å². The number of nitrogens with one attached hydrogen (secondary N) is 1. The molecule has 1 atom stereocenters. The van der Waals surface area contributed by atoms with Gasteiger partial charge in [-0.1, -0.05) is 53.0 Å². The second-order valence-electron chi connectivity index (χ2n) is 7.63. The predicted molar refractivity (Wildman–Crippen MR) is 128 cm³/mol. The van der Waals surface area contributed by atoms with Gasteiger partial charge in [-0.3, -0.25) is 9.59 Å².